The summed E-state index contributed by atoms with van der Waals surface area (Å²) in [4.78, 5) is 21.7. The van der Waals surface area contributed by atoms with Crippen LogP contribution in [0.5, 0.6) is 5.75 Å². The van der Waals surface area contributed by atoms with Gasteiger partial charge in [-0.3, -0.25) is 0 Å². The molecule has 4 nitrogen and oxygen atoms in total. The lowest BCUT2D eigenvalue weighted by Gasteiger charge is -1.82. The molecule has 0 heterocycles. The summed E-state index contributed by atoms with van der Waals surface area (Å²) >= 11 is 0. The normalized spacial score (nSPS) is 8.73. The average Bonchev–Trinajstić information content (AvgIpc) is 1.87. The Hall–Kier alpha value is -0.670. The highest BCUT2D eigenvalue weighted by molar-refractivity contribution is 7.38. The molecule has 62 valence electrons. The Bertz CT molecular complexity index is 174. The number of rotatable bonds is 0. The fourth-order valence-corrected chi connectivity index (χ4v) is 0.428. The standard InChI is InChI=1S/C6H6O.H3O3P/c7-6-4-2-1-3-5-6;1-4(2)3/h1-5,7H;1-3H. The maximum atomic E-state index is 8.63. The van der Waals surface area contributed by atoms with E-state index in [0.717, 1.165) is 0 Å². The van der Waals surface area contributed by atoms with Crippen molar-refractivity contribution in [2.75, 3.05) is 0 Å². The van der Waals surface area contributed by atoms with Gasteiger partial charge in [0.25, 0.3) is 0 Å². The number of para-hydroxylation sites is 1. The van der Waals surface area contributed by atoms with Gasteiger partial charge in [-0.05, 0) is 12.1 Å². The van der Waals surface area contributed by atoms with E-state index < -0.39 is 8.60 Å². The Balaban J connectivity index is 0.000000218. The largest absolute Gasteiger partial charge is 0.508 e. The van der Waals surface area contributed by atoms with Gasteiger partial charge in [-0.25, -0.2) is 0 Å². The summed E-state index contributed by atoms with van der Waals surface area (Å²) in [6.07, 6.45) is 0. The van der Waals surface area contributed by atoms with Crippen LogP contribution in [-0.2, 0) is 0 Å². The maximum Gasteiger partial charge on any atom is 0.324 e. The fourth-order valence-electron chi connectivity index (χ4n) is 0.428. The monoisotopic (exact) mass is 176 g/mol. The third-order valence-electron chi connectivity index (χ3n) is 0.756. The molecule has 0 radical (unpaired) electrons. The Morgan fingerprint density at radius 3 is 1.45 bits per heavy atom. The minimum absolute atomic E-state index is 0.322. The lowest BCUT2D eigenvalue weighted by Crippen LogP contribution is -1.56. The minimum Gasteiger partial charge on any atom is -0.508 e. The van der Waals surface area contributed by atoms with E-state index in [4.69, 9.17) is 19.8 Å². The van der Waals surface area contributed by atoms with Gasteiger partial charge in [0.2, 0.25) is 0 Å². The molecular weight excluding hydrogens is 167 g/mol. The summed E-state index contributed by atoms with van der Waals surface area (Å²) < 4.78 is 0. The van der Waals surface area contributed by atoms with Crippen LogP contribution < -0.4 is 0 Å². The number of phenols is 1. The van der Waals surface area contributed by atoms with Crippen molar-refractivity contribution < 1.29 is 19.8 Å². The molecule has 0 aliphatic rings. The van der Waals surface area contributed by atoms with E-state index in [1.165, 1.54) is 0 Å². The smallest absolute Gasteiger partial charge is 0.324 e. The molecule has 0 spiro atoms. The number of aromatic hydroxyl groups is 1. The molecule has 0 unspecified atom stereocenters. The van der Waals surface area contributed by atoms with Crippen LogP contribution >= 0.6 is 8.60 Å². The van der Waals surface area contributed by atoms with Crippen LogP contribution in [0.15, 0.2) is 30.3 Å². The van der Waals surface area contributed by atoms with E-state index >= 15 is 0 Å². The highest BCUT2D eigenvalue weighted by Crippen LogP contribution is 2.11. The van der Waals surface area contributed by atoms with Crippen LogP contribution in [0.25, 0.3) is 0 Å². The van der Waals surface area contributed by atoms with Crippen LogP contribution in [0, 0.1) is 0 Å². The summed E-state index contributed by atoms with van der Waals surface area (Å²) in [6, 6.07) is 8.71. The van der Waals surface area contributed by atoms with Crippen molar-refractivity contribution in [3.63, 3.8) is 0 Å². The predicted octanol–water partition coefficient (Wildman–Crippen LogP) is 0.582. The second kappa shape index (κ2) is 6.07. The molecule has 0 aliphatic carbocycles. The molecule has 0 bridgehead atoms. The van der Waals surface area contributed by atoms with Crippen molar-refractivity contribution in [3.8, 4) is 5.75 Å². The van der Waals surface area contributed by atoms with Gasteiger partial charge in [-0.15, -0.1) is 0 Å². The SMILES string of the molecule is OP(O)O.Oc1ccccc1. The van der Waals surface area contributed by atoms with Crippen molar-refractivity contribution in [1.82, 2.24) is 0 Å². The van der Waals surface area contributed by atoms with Crippen LogP contribution in [0.2, 0.25) is 0 Å². The lowest BCUT2D eigenvalue weighted by molar-refractivity contribution is 0.368. The molecule has 0 amide bonds. The van der Waals surface area contributed by atoms with E-state index in [0.29, 0.717) is 5.75 Å². The molecule has 11 heavy (non-hydrogen) atoms. The quantitative estimate of drug-likeness (QED) is 0.436. The molecule has 0 atom stereocenters. The molecule has 1 aromatic carbocycles. The second-order valence-electron chi connectivity index (χ2n) is 1.60. The van der Waals surface area contributed by atoms with Gasteiger partial charge in [0.15, 0.2) is 0 Å². The molecule has 0 aliphatic heterocycles. The van der Waals surface area contributed by atoms with Gasteiger partial charge in [-0.1, -0.05) is 18.2 Å². The van der Waals surface area contributed by atoms with Crippen LogP contribution in [0.1, 0.15) is 0 Å². The van der Waals surface area contributed by atoms with Crippen molar-refractivity contribution in [2.45, 2.75) is 0 Å². The molecule has 4 N–H and O–H groups in total. The minimum atomic E-state index is -2.62. The van der Waals surface area contributed by atoms with E-state index in [2.05, 4.69) is 0 Å². The highest BCUT2D eigenvalue weighted by atomic mass is 31.2. The van der Waals surface area contributed by atoms with E-state index in [-0.39, 0.29) is 0 Å². The molecule has 0 saturated heterocycles. The van der Waals surface area contributed by atoms with Gasteiger partial charge >= 0.3 is 8.60 Å². The Morgan fingerprint density at radius 1 is 0.909 bits per heavy atom. The fraction of sp³-hybridized carbons (Fsp3) is 0. The summed E-state index contributed by atoms with van der Waals surface area (Å²) in [5.41, 5.74) is 0. The zero-order valence-corrected chi connectivity index (χ0v) is 6.52. The van der Waals surface area contributed by atoms with Crippen LogP contribution in [-0.4, -0.2) is 19.8 Å². The van der Waals surface area contributed by atoms with Gasteiger partial charge in [0.05, 0.1) is 0 Å². The summed E-state index contributed by atoms with van der Waals surface area (Å²) in [5, 5.41) is 8.63. The van der Waals surface area contributed by atoms with Gasteiger partial charge < -0.3 is 19.8 Å². The summed E-state index contributed by atoms with van der Waals surface area (Å²) in [7, 11) is -2.62. The molecule has 1 rings (SSSR count). The topological polar surface area (TPSA) is 80.9 Å². The zero-order chi connectivity index (χ0) is 8.69. The summed E-state index contributed by atoms with van der Waals surface area (Å²) in [5.74, 6) is 0.322. The Morgan fingerprint density at radius 2 is 1.27 bits per heavy atom. The third-order valence-corrected chi connectivity index (χ3v) is 0.756. The van der Waals surface area contributed by atoms with E-state index in [9.17, 15) is 0 Å². The molecule has 0 aromatic heterocycles. The van der Waals surface area contributed by atoms with Crippen molar-refractivity contribution in [1.29, 1.82) is 0 Å². The van der Waals surface area contributed by atoms with E-state index in [1.54, 1.807) is 24.3 Å². The Labute approximate surface area is 65.4 Å². The highest BCUT2D eigenvalue weighted by Gasteiger charge is 1.76. The predicted molar refractivity (Wildman–Crippen MR) is 41.7 cm³/mol. The molecule has 1 aromatic rings. The first kappa shape index (κ1) is 10.3. The molecule has 0 fully saturated rings. The van der Waals surface area contributed by atoms with Crippen molar-refractivity contribution >= 4 is 8.60 Å². The van der Waals surface area contributed by atoms with Crippen molar-refractivity contribution in [2.24, 2.45) is 0 Å². The van der Waals surface area contributed by atoms with Gasteiger partial charge in [-0.2, -0.15) is 0 Å². The number of hydrogen-bond donors (Lipinski definition) is 4. The molecule has 0 saturated carbocycles. The average molecular weight is 176 g/mol. The maximum absolute atomic E-state index is 8.63. The van der Waals surface area contributed by atoms with E-state index in [1.807, 2.05) is 6.07 Å². The second-order valence-corrected chi connectivity index (χ2v) is 2.14. The third kappa shape index (κ3) is 9.33. The van der Waals surface area contributed by atoms with Crippen LogP contribution in [0.3, 0.4) is 0 Å². The molecule has 5 heteroatoms. The van der Waals surface area contributed by atoms with Crippen molar-refractivity contribution in [3.05, 3.63) is 30.3 Å². The van der Waals surface area contributed by atoms with Gasteiger partial charge in [0.1, 0.15) is 5.75 Å². The number of benzene rings is 1. The van der Waals surface area contributed by atoms with Gasteiger partial charge in [0, 0.05) is 0 Å². The first-order chi connectivity index (χ1) is 5.13. The first-order valence-corrected chi connectivity index (χ1v) is 3.93. The number of phenolic OH excluding ortho intramolecular Hbond substituents is 1. The zero-order valence-electron chi connectivity index (χ0n) is 5.62. The summed E-state index contributed by atoms with van der Waals surface area (Å²) in [6.45, 7) is 0. The lowest BCUT2D eigenvalue weighted by atomic mass is 10.3. The number of hydrogen-bond acceptors (Lipinski definition) is 4. The first-order valence-electron chi connectivity index (χ1n) is 2.73. The van der Waals surface area contributed by atoms with Crippen LogP contribution in [0.4, 0.5) is 0 Å². The Kier molecular flexibility index (Phi) is 5.70. The molecular formula is C6H9O4P.